The van der Waals surface area contributed by atoms with E-state index in [1.807, 2.05) is 45.4 Å². The van der Waals surface area contributed by atoms with Gasteiger partial charge in [-0.25, -0.2) is 4.68 Å². The summed E-state index contributed by atoms with van der Waals surface area (Å²) in [6, 6.07) is 1.46. The van der Waals surface area contributed by atoms with Crippen molar-refractivity contribution in [1.29, 1.82) is 0 Å². The van der Waals surface area contributed by atoms with E-state index in [1.165, 1.54) is 0 Å². The van der Waals surface area contributed by atoms with Gasteiger partial charge in [0.25, 0.3) is 0 Å². The van der Waals surface area contributed by atoms with Crippen molar-refractivity contribution in [3.05, 3.63) is 11.8 Å². The molecule has 1 saturated heterocycles. The van der Waals surface area contributed by atoms with Gasteiger partial charge < -0.3 is 10.2 Å². The van der Waals surface area contributed by atoms with Gasteiger partial charge in [-0.2, -0.15) is 5.10 Å². The second-order valence-electron chi connectivity index (χ2n) is 6.48. The number of carbonyl (C=O) groups is 2. The van der Waals surface area contributed by atoms with Crippen molar-refractivity contribution in [2.45, 2.75) is 52.6 Å². The van der Waals surface area contributed by atoms with Gasteiger partial charge in [0.2, 0.25) is 11.8 Å². The van der Waals surface area contributed by atoms with Crippen LogP contribution in [-0.2, 0) is 15.1 Å². The summed E-state index contributed by atoms with van der Waals surface area (Å²) < 4.78 is 1.81. The Morgan fingerprint density at radius 2 is 2.14 bits per heavy atom. The van der Waals surface area contributed by atoms with Crippen molar-refractivity contribution in [2.24, 2.45) is 0 Å². The van der Waals surface area contributed by atoms with Gasteiger partial charge in [0.1, 0.15) is 11.9 Å². The van der Waals surface area contributed by atoms with Gasteiger partial charge in [-0.1, -0.05) is 6.92 Å². The Balaban J connectivity index is 2.17. The van der Waals surface area contributed by atoms with Gasteiger partial charge >= 0.3 is 0 Å². The number of rotatable bonds is 3. The van der Waals surface area contributed by atoms with Crippen LogP contribution in [0.15, 0.2) is 6.07 Å². The lowest BCUT2D eigenvalue weighted by atomic mass is 10.1. The second-order valence-corrected chi connectivity index (χ2v) is 7.48. The number of aromatic nitrogens is 2. The molecule has 1 aromatic rings. The van der Waals surface area contributed by atoms with Crippen LogP contribution in [0.5, 0.6) is 0 Å². The molecule has 1 aliphatic rings. The van der Waals surface area contributed by atoms with Crippen molar-refractivity contribution in [1.82, 2.24) is 14.7 Å². The molecular weight excluding hydrogens is 300 g/mol. The lowest BCUT2D eigenvalue weighted by Crippen LogP contribution is -2.44. The molecule has 7 heteroatoms. The average molecular weight is 324 g/mol. The molecule has 0 aromatic carbocycles. The molecule has 1 aliphatic heterocycles. The highest BCUT2D eigenvalue weighted by Crippen LogP contribution is 2.25. The van der Waals surface area contributed by atoms with E-state index in [0.717, 1.165) is 5.69 Å². The maximum absolute atomic E-state index is 12.6. The molecule has 1 aromatic heterocycles. The number of hydrogen-bond acceptors (Lipinski definition) is 4. The standard InChI is InChI=1S/C15H24N4O2S/c1-6-13(20)18-9-22-8-11(18)14(21)16-12-7-10(2)17-19(12)15(3,4)5/h7,11H,6,8-9H2,1-5H3,(H,16,21). The van der Waals surface area contributed by atoms with E-state index in [1.54, 1.807) is 16.7 Å². The highest BCUT2D eigenvalue weighted by atomic mass is 32.2. The van der Waals surface area contributed by atoms with E-state index < -0.39 is 6.04 Å². The third-order valence-corrected chi connectivity index (χ3v) is 4.54. The van der Waals surface area contributed by atoms with E-state index in [4.69, 9.17) is 0 Å². The minimum absolute atomic E-state index is 0.0191. The van der Waals surface area contributed by atoms with Crippen LogP contribution in [0.25, 0.3) is 0 Å². The first-order valence-electron chi connectivity index (χ1n) is 7.49. The van der Waals surface area contributed by atoms with Crippen LogP contribution < -0.4 is 5.32 Å². The van der Waals surface area contributed by atoms with Crippen molar-refractivity contribution in [2.75, 3.05) is 16.9 Å². The molecule has 22 heavy (non-hydrogen) atoms. The third kappa shape index (κ3) is 3.45. The van der Waals surface area contributed by atoms with Gasteiger partial charge in [0, 0.05) is 18.2 Å². The molecule has 2 rings (SSSR count). The number of anilines is 1. The average Bonchev–Trinajstić information content (AvgIpc) is 3.03. The lowest BCUT2D eigenvalue weighted by molar-refractivity contribution is -0.135. The zero-order valence-electron chi connectivity index (χ0n) is 13.8. The van der Waals surface area contributed by atoms with Crippen LogP contribution in [0.2, 0.25) is 0 Å². The fourth-order valence-corrected chi connectivity index (χ4v) is 3.60. The molecule has 1 N–H and O–H groups in total. The van der Waals surface area contributed by atoms with E-state index >= 15 is 0 Å². The van der Waals surface area contributed by atoms with Crippen molar-refractivity contribution in [3.8, 4) is 0 Å². The largest absolute Gasteiger partial charge is 0.321 e. The molecule has 0 saturated carbocycles. The van der Waals surface area contributed by atoms with Gasteiger partial charge in [0.15, 0.2) is 0 Å². The summed E-state index contributed by atoms with van der Waals surface area (Å²) in [5.41, 5.74) is 0.632. The Kier molecular flexibility index (Phi) is 4.84. The molecule has 0 bridgehead atoms. The zero-order chi connectivity index (χ0) is 16.5. The molecule has 0 radical (unpaired) electrons. The van der Waals surface area contributed by atoms with E-state index in [0.29, 0.717) is 23.9 Å². The first-order valence-corrected chi connectivity index (χ1v) is 8.64. The fourth-order valence-electron chi connectivity index (χ4n) is 2.42. The number of carbonyl (C=O) groups excluding carboxylic acids is 2. The minimum Gasteiger partial charge on any atom is -0.321 e. The van der Waals surface area contributed by atoms with Gasteiger partial charge in [-0.15, -0.1) is 11.8 Å². The molecular formula is C15H24N4O2S. The maximum atomic E-state index is 12.6. The SMILES string of the molecule is CCC(=O)N1CSCC1C(=O)Nc1cc(C)nn1C(C)(C)C. The normalized spacial score (nSPS) is 18.6. The Morgan fingerprint density at radius 1 is 1.45 bits per heavy atom. The summed E-state index contributed by atoms with van der Waals surface area (Å²) >= 11 is 1.61. The Labute approximate surface area is 135 Å². The molecule has 122 valence electrons. The Bertz CT molecular complexity index is 577. The van der Waals surface area contributed by atoms with Crippen molar-refractivity contribution >= 4 is 29.4 Å². The number of nitrogens with one attached hydrogen (secondary N) is 1. The van der Waals surface area contributed by atoms with Crippen molar-refractivity contribution < 1.29 is 9.59 Å². The predicted molar refractivity (Wildman–Crippen MR) is 88.8 cm³/mol. The van der Waals surface area contributed by atoms with Crippen LogP contribution in [0.3, 0.4) is 0 Å². The Hall–Kier alpha value is -1.50. The molecule has 2 heterocycles. The van der Waals surface area contributed by atoms with Gasteiger partial charge in [-0.05, 0) is 27.7 Å². The van der Waals surface area contributed by atoms with Crippen LogP contribution >= 0.6 is 11.8 Å². The van der Waals surface area contributed by atoms with Crippen LogP contribution in [-0.4, -0.2) is 44.2 Å². The van der Waals surface area contributed by atoms with Crippen LogP contribution in [0.1, 0.15) is 39.8 Å². The Morgan fingerprint density at radius 3 is 2.73 bits per heavy atom. The topological polar surface area (TPSA) is 67.2 Å². The lowest BCUT2D eigenvalue weighted by Gasteiger charge is -2.25. The summed E-state index contributed by atoms with van der Waals surface area (Å²) in [6.45, 7) is 9.82. The molecule has 2 amide bonds. The molecule has 1 unspecified atom stereocenters. The van der Waals surface area contributed by atoms with Crippen molar-refractivity contribution in [3.63, 3.8) is 0 Å². The van der Waals surface area contributed by atoms with Crippen LogP contribution in [0, 0.1) is 6.92 Å². The monoisotopic (exact) mass is 324 g/mol. The third-order valence-electron chi connectivity index (χ3n) is 3.53. The number of hydrogen-bond donors (Lipinski definition) is 1. The highest BCUT2D eigenvalue weighted by molar-refractivity contribution is 7.99. The quantitative estimate of drug-likeness (QED) is 0.925. The summed E-state index contributed by atoms with van der Waals surface area (Å²) in [4.78, 5) is 26.2. The smallest absolute Gasteiger partial charge is 0.249 e. The molecule has 0 spiro atoms. The summed E-state index contributed by atoms with van der Waals surface area (Å²) in [5.74, 6) is 1.78. The number of nitrogens with zero attached hydrogens (tertiary/aromatic N) is 3. The summed E-state index contributed by atoms with van der Waals surface area (Å²) in [5, 5.41) is 7.39. The predicted octanol–water partition coefficient (Wildman–Crippen LogP) is 2.20. The fraction of sp³-hybridized carbons (Fsp3) is 0.667. The zero-order valence-corrected chi connectivity index (χ0v) is 14.7. The molecule has 0 aliphatic carbocycles. The summed E-state index contributed by atoms with van der Waals surface area (Å²) in [7, 11) is 0. The van der Waals surface area contributed by atoms with E-state index in [-0.39, 0.29) is 17.4 Å². The van der Waals surface area contributed by atoms with E-state index in [2.05, 4.69) is 10.4 Å². The molecule has 1 fully saturated rings. The number of thioether (sulfide) groups is 1. The maximum Gasteiger partial charge on any atom is 0.249 e. The number of aryl methyl sites for hydroxylation is 1. The first-order chi connectivity index (χ1) is 10.2. The first kappa shape index (κ1) is 16.9. The van der Waals surface area contributed by atoms with Gasteiger partial charge in [0.05, 0.1) is 17.1 Å². The summed E-state index contributed by atoms with van der Waals surface area (Å²) in [6.07, 6.45) is 0.420. The minimum atomic E-state index is -0.402. The van der Waals surface area contributed by atoms with Gasteiger partial charge in [-0.3, -0.25) is 9.59 Å². The molecule has 1 atom stereocenters. The van der Waals surface area contributed by atoms with Crippen LogP contribution in [0.4, 0.5) is 5.82 Å². The second kappa shape index (κ2) is 6.32. The highest BCUT2D eigenvalue weighted by Gasteiger charge is 2.34. The molecule has 6 nitrogen and oxygen atoms in total. The van der Waals surface area contributed by atoms with E-state index in [9.17, 15) is 9.59 Å². The number of amides is 2.